The molecular weight excluding hydrogens is 266 g/mol. The second-order valence-electron chi connectivity index (χ2n) is 4.89. The average molecular weight is 280 g/mol. The fourth-order valence-corrected chi connectivity index (χ4v) is 2.92. The highest BCUT2D eigenvalue weighted by molar-refractivity contribution is 6.30. The highest BCUT2D eigenvalue weighted by atomic mass is 35.5. The fourth-order valence-electron chi connectivity index (χ4n) is 2.74. The van der Waals surface area contributed by atoms with E-state index in [1.807, 2.05) is 6.07 Å². The van der Waals surface area contributed by atoms with Crippen molar-refractivity contribution in [3.8, 4) is 0 Å². The van der Waals surface area contributed by atoms with Crippen LogP contribution in [-0.4, -0.2) is 45.7 Å². The quantitative estimate of drug-likeness (QED) is 0.761. The van der Waals surface area contributed by atoms with Crippen molar-refractivity contribution >= 4 is 23.4 Å². The molecule has 0 bridgehead atoms. The molecule has 3 heterocycles. The van der Waals surface area contributed by atoms with Gasteiger partial charge in [-0.3, -0.25) is 9.59 Å². The summed E-state index contributed by atoms with van der Waals surface area (Å²) in [6.07, 6.45) is 3.28. The van der Waals surface area contributed by atoms with Gasteiger partial charge in [0.1, 0.15) is 17.7 Å². The van der Waals surface area contributed by atoms with Gasteiger partial charge in [-0.2, -0.15) is 0 Å². The number of hydrogen-bond donors (Lipinski definition) is 0. The Morgan fingerprint density at radius 3 is 3.05 bits per heavy atom. The molecule has 6 heteroatoms. The summed E-state index contributed by atoms with van der Waals surface area (Å²) in [6.45, 7) is 1.19. The molecule has 2 aliphatic heterocycles. The van der Waals surface area contributed by atoms with Crippen LogP contribution in [0.2, 0.25) is 5.15 Å². The minimum Gasteiger partial charge on any atom is -0.329 e. The Labute approximate surface area is 116 Å². The Morgan fingerprint density at radius 2 is 2.26 bits per heavy atom. The lowest BCUT2D eigenvalue weighted by Crippen LogP contribution is -2.56. The van der Waals surface area contributed by atoms with Gasteiger partial charge in [-0.05, 0) is 18.9 Å². The Kier molecular flexibility index (Phi) is 3.14. The van der Waals surface area contributed by atoms with E-state index in [1.54, 1.807) is 22.1 Å². The van der Waals surface area contributed by atoms with Gasteiger partial charge in [0.2, 0.25) is 11.8 Å². The molecule has 0 radical (unpaired) electrons. The van der Waals surface area contributed by atoms with E-state index in [0.29, 0.717) is 18.2 Å². The zero-order chi connectivity index (χ0) is 13.4. The molecule has 2 aliphatic rings. The Bertz CT molecular complexity index is 534. The van der Waals surface area contributed by atoms with Crippen LogP contribution in [0.3, 0.4) is 0 Å². The summed E-state index contributed by atoms with van der Waals surface area (Å²) in [4.78, 5) is 31.6. The number of carbonyl (C=O) groups excluding carboxylic acids is 2. The number of nitrogens with zero attached hydrogens (tertiary/aromatic N) is 3. The number of fused-ring (bicyclic) bond motifs is 1. The van der Waals surface area contributed by atoms with Gasteiger partial charge >= 0.3 is 0 Å². The van der Waals surface area contributed by atoms with Crippen LogP contribution in [-0.2, 0) is 16.1 Å². The number of halogens is 1. The minimum absolute atomic E-state index is 0.0250. The van der Waals surface area contributed by atoms with E-state index < -0.39 is 0 Å². The molecule has 1 unspecified atom stereocenters. The average Bonchev–Trinajstić information content (AvgIpc) is 2.88. The summed E-state index contributed by atoms with van der Waals surface area (Å²) >= 11 is 5.99. The molecule has 0 aromatic carbocycles. The third kappa shape index (κ3) is 2.18. The van der Waals surface area contributed by atoms with Crippen LogP contribution in [0.5, 0.6) is 0 Å². The fraction of sp³-hybridized carbons (Fsp3) is 0.462. The molecule has 1 aromatic heterocycles. The highest BCUT2D eigenvalue weighted by Crippen LogP contribution is 2.25. The van der Waals surface area contributed by atoms with E-state index in [9.17, 15) is 9.59 Å². The number of carbonyl (C=O) groups is 2. The topological polar surface area (TPSA) is 53.5 Å². The van der Waals surface area contributed by atoms with Gasteiger partial charge in [-0.25, -0.2) is 4.98 Å². The molecule has 0 spiro atoms. The van der Waals surface area contributed by atoms with Gasteiger partial charge in [0, 0.05) is 24.8 Å². The minimum atomic E-state index is -0.267. The number of amides is 2. The molecule has 5 nitrogen and oxygen atoms in total. The second kappa shape index (κ2) is 4.81. The van der Waals surface area contributed by atoms with Gasteiger partial charge < -0.3 is 9.80 Å². The van der Waals surface area contributed by atoms with E-state index in [2.05, 4.69) is 4.98 Å². The van der Waals surface area contributed by atoms with Gasteiger partial charge in [0.15, 0.2) is 0 Å². The first-order valence-electron chi connectivity index (χ1n) is 6.34. The largest absolute Gasteiger partial charge is 0.329 e. The number of piperazine rings is 1. The van der Waals surface area contributed by atoms with Crippen LogP contribution in [0, 0.1) is 0 Å². The molecule has 2 fully saturated rings. The van der Waals surface area contributed by atoms with Crippen LogP contribution in [0.1, 0.15) is 18.4 Å². The molecule has 100 valence electrons. The molecule has 0 aliphatic carbocycles. The zero-order valence-electron chi connectivity index (χ0n) is 10.4. The van der Waals surface area contributed by atoms with Crippen molar-refractivity contribution in [2.45, 2.75) is 25.4 Å². The number of aromatic nitrogens is 1. The lowest BCUT2D eigenvalue weighted by molar-refractivity contribution is -0.154. The first kappa shape index (κ1) is 12.4. The van der Waals surface area contributed by atoms with E-state index in [0.717, 1.165) is 18.4 Å². The van der Waals surface area contributed by atoms with Gasteiger partial charge in [-0.15, -0.1) is 0 Å². The maximum atomic E-state index is 12.3. The molecule has 1 atom stereocenters. The molecular formula is C13H14ClN3O2. The van der Waals surface area contributed by atoms with Crippen LogP contribution in [0.15, 0.2) is 18.3 Å². The SMILES string of the molecule is O=C1C2CCCN2C(=O)CN1Cc1cccnc1Cl. The second-order valence-corrected chi connectivity index (χ2v) is 5.25. The predicted molar refractivity (Wildman–Crippen MR) is 69.4 cm³/mol. The standard InChI is InChI=1S/C13H14ClN3O2/c14-12-9(3-1-5-15-12)7-16-8-11(18)17-6-2-4-10(17)13(16)19/h1,3,5,10H,2,4,6-8H2. The van der Waals surface area contributed by atoms with Crippen LogP contribution >= 0.6 is 11.6 Å². The van der Waals surface area contributed by atoms with E-state index in [1.165, 1.54) is 0 Å². The molecule has 2 saturated heterocycles. The van der Waals surface area contributed by atoms with Gasteiger partial charge in [0.05, 0.1) is 0 Å². The van der Waals surface area contributed by atoms with Crippen molar-refractivity contribution in [1.82, 2.24) is 14.8 Å². The third-order valence-electron chi connectivity index (χ3n) is 3.69. The van der Waals surface area contributed by atoms with Crippen LogP contribution < -0.4 is 0 Å². The molecule has 1 aromatic rings. The van der Waals surface area contributed by atoms with Crippen LogP contribution in [0.25, 0.3) is 0 Å². The first-order chi connectivity index (χ1) is 9.16. The van der Waals surface area contributed by atoms with Crippen molar-refractivity contribution in [1.29, 1.82) is 0 Å². The number of hydrogen-bond acceptors (Lipinski definition) is 3. The summed E-state index contributed by atoms with van der Waals surface area (Å²) in [5, 5.41) is 0.386. The molecule has 0 N–H and O–H groups in total. The normalized spacial score (nSPS) is 22.9. The smallest absolute Gasteiger partial charge is 0.246 e. The van der Waals surface area contributed by atoms with E-state index in [4.69, 9.17) is 11.6 Å². The summed E-state index contributed by atoms with van der Waals surface area (Å²) in [6, 6.07) is 3.34. The molecule has 3 rings (SSSR count). The highest BCUT2D eigenvalue weighted by Gasteiger charge is 2.41. The predicted octanol–water partition coefficient (Wildman–Crippen LogP) is 1.07. The summed E-state index contributed by atoms with van der Waals surface area (Å²) in [7, 11) is 0. The van der Waals surface area contributed by atoms with E-state index in [-0.39, 0.29) is 24.4 Å². The Morgan fingerprint density at radius 1 is 1.42 bits per heavy atom. The Balaban J connectivity index is 1.80. The van der Waals surface area contributed by atoms with Crippen LogP contribution in [0.4, 0.5) is 0 Å². The van der Waals surface area contributed by atoms with E-state index >= 15 is 0 Å². The number of rotatable bonds is 2. The maximum Gasteiger partial charge on any atom is 0.246 e. The first-order valence-corrected chi connectivity index (χ1v) is 6.72. The lowest BCUT2D eigenvalue weighted by atomic mass is 10.1. The third-order valence-corrected chi connectivity index (χ3v) is 4.03. The zero-order valence-corrected chi connectivity index (χ0v) is 11.1. The van der Waals surface area contributed by atoms with Crippen molar-refractivity contribution in [2.24, 2.45) is 0 Å². The molecule has 2 amide bonds. The van der Waals surface area contributed by atoms with Crippen molar-refractivity contribution < 1.29 is 9.59 Å². The lowest BCUT2D eigenvalue weighted by Gasteiger charge is -2.36. The molecule has 0 saturated carbocycles. The van der Waals surface area contributed by atoms with Gasteiger partial charge in [-0.1, -0.05) is 17.7 Å². The van der Waals surface area contributed by atoms with Crippen molar-refractivity contribution in [3.63, 3.8) is 0 Å². The summed E-state index contributed by atoms with van der Waals surface area (Å²) in [5.41, 5.74) is 0.775. The van der Waals surface area contributed by atoms with Gasteiger partial charge in [0.25, 0.3) is 0 Å². The van der Waals surface area contributed by atoms with Crippen molar-refractivity contribution in [2.75, 3.05) is 13.1 Å². The Hall–Kier alpha value is -1.62. The monoisotopic (exact) mass is 279 g/mol. The summed E-state index contributed by atoms with van der Waals surface area (Å²) in [5.74, 6) is 0.0548. The summed E-state index contributed by atoms with van der Waals surface area (Å²) < 4.78 is 0. The molecule has 19 heavy (non-hydrogen) atoms. The van der Waals surface area contributed by atoms with Crippen molar-refractivity contribution in [3.05, 3.63) is 29.0 Å². The maximum absolute atomic E-state index is 12.3. The number of pyridine rings is 1.